The van der Waals surface area contributed by atoms with Gasteiger partial charge in [0, 0.05) is 23.7 Å². The summed E-state index contributed by atoms with van der Waals surface area (Å²) in [5, 5.41) is 2.79. The number of carbonyl (C=O) groups excluding carboxylic acids is 1. The van der Waals surface area contributed by atoms with Crippen LogP contribution in [-0.4, -0.2) is 38.0 Å². The van der Waals surface area contributed by atoms with Gasteiger partial charge in [-0.2, -0.15) is 4.31 Å². The van der Waals surface area contributed by atoms with Crippen LogP contribution in [0.25, 0.3) is 0 Å². The number of nitrogens with zero attached hydrogens (tertiary/aromatic N) is 1. The molecule has 2 rings (SSSR count). The minimum absolute atomic E-state index is 0.173. The van der Waals surface area contributed by atoms with Crippen molar-refractivity contribution in [2.75, 3.05) is 24.7 Å². The van der Waals surface area contributed by atoms with Crippen LogP contribution in [0.2, 0.25) is 0 Å². The fraction of sp³-hybridized carbons (Fsp3) is 0.278. The Morgan fingerprint density at radius 2 is 1.76 bits per heavy atom. The third kappa shape index (κ3) is 4.42. The zero-order valence-corrected chi connectivity index (χ0v) is 16.2. The Bertz CT molecular complexity index is 847. The molecule has 0 aliphatic heterocycles. The molecule has 7 heteroatoms. The third-order valence-corrected chi connectivity index (χ3v) is 6.63. The molecule has 0 unspecified atom stereocenters. The van der Waals surface area contributed by atoms with Crippen molar-refractivity contribution in [2.45, 2.75) is 23.6 Å². The summed E-state index contributed by atoms with van der Waals surface area (Å²) in [6.45, 7) is 4.39. The normalized spacial score (nSPS) is 11.5. The van der Waals surface area contributed by atoms with Crippen LogP contribution >= 0.6 is 11.8 Å². The molecule has 0 aromatic heterocycles. The molecule has 134 valence electrons. The van der Waals surface area contributed by atoms with Crippen molar-refractivity contribution in [1.82, 2.24) is 4.31 Å². The van der Waals surface area contributed by atoms with E-state index in [1.807, 2.05) is 18.4 Å². The van der Waals surface area contributed by atoms with Gasteiger partial charge in [-0.25, -0.2) is 8.42 Å². The molecule has 25 heavy (non-hydrogen) atoms. The summed E-state index contributed by atoms with van der Waals surface area (Å²) in [7, 11) is -3.56. The van der Waals surface area contributed by atoms with Crippen molar-refractivity contribution in [1.29, 1.82) is 0 Å². The van der Waals surface area contributed by atoms with Crippen molar-refractivity contribution < 1.29 is 13.2 Å². The van der Waals surface area contributed by atoms with Crippen molar-refractivity contribution >= 4 is 33.4 Å². The Balaban J connectivity index is 2.29. The lowest BCUT2D eigenvalue weighted by atomic mass is 10.2. The minimum Gasteiger partial charge on any atom is -0.322 e. The van der Waals surface area contributed by atoms with E-state index < -0.39 is 10.0 Å². The maximum atomic E-state index is 12.6. The van der Waals surface area contributed by atoms with E-state index in [2.05, 4.69) is 5.32 Å². The highest BCUT2D eigenvalue weighted by molar-refractivity contribution is 7.98. The number of anilines is 1. The number of rotatable bonds is 7. The summed E-state index contributed by atoms with van der Waals surface area (Å²) in [5.41, 5.74) is 1.01. The molecule has 0 heterocycles. The van der Waals surface area contributed by atoms with Crippen LogP contribution in [0, 0.1) is 0 Å². The molecule has 0 aliphatic rings. The fourth-order valence-electron chi connectivity index (χ4n) is 2.48. The molecule has 1 N–H and O–H groups in total. The summed E-state index contributed by atoms with van der Waals surface area (Å²) < 4.78 is 26.6. The van der Waals surface area contributed by atoms with Crippen LogP contribution in [0.5, 0.6) is 0 Å². The summed E-state index contributed by atoms with van der Waals surface area (Å²) in [6.07, 6.45) is 1.91. The summed E-state index contributed by atoms with van der Waals surface area (Å²) in [6, 6.07) is 13.6. The molecule has 0 saturated heterocycles. The number of hydrogen-bond acceptors (Lipinski definition) is 4. The molecule has 2 aromatic carbocycles. The van der Waals surface area contributed by atoms with Gasteiger partial charge in [0.1, 0.15) is 0 Å². The molecule has 0 atom stereocenters. The van der Waals surface area contributed by atoms with Gasteiger partial charge in [-0.05, 0) is 36.6 Å². The van der Waals surface area contributed by atoms with E-state index in [0.29, 0.717) is 24.3 Å². The van der Waals surface area contributed by atoms with Crippen molar-refractivity contribution in [3.8, 4) is 0 Å². The van der Waals surface area contributed by atoms with Crippen LogP contribution in [-0.2, 0) is 10.0 Å². The Morgan fingerprint density at radius 1 is 1.08 bits per heavy atom. The van der Waals surface area contributed by atoms with Crippen LogP contribution in [0.4, 0.5) is 5.69 Å². The molecular weight excluding hydrogens is 356 g/mol. The lowest BCUT2D eigenvalue weighted by Crippen LogP contribution is -2.30. The van der Waals surface area contributed by atoms with Crippen LogP contribution in [0.1, 0.15) is 24.2 Å². The average Bonchev–Trinajstić information content (AvgIpc) is 2.62. The Labute approximate surface area is 153 Å². The topological polar surface area (TPSA) is 66.5 Å². The maximum Gasteiger partial charge on any atom is 0.256 e. The van der Waals surface area contributed by atoms with Gasteiger partial charge in [0.25, 0.3) is 5.91 Å². The smallest absolute Gasteiger partial charge is 0.256 e. The zero-order chi connectivity index (χ0) is 18.4. The van der Waals surface area contributed by atoms with Crippen LogP contribution in [0.3, 0.4) is 0 Å². The number of sulfonamides is 1. The van der Waals surface area contributed by atoms with Crippen molar-refractivity contribution in [2.24, 2.45) is 0 Å². The van der Waals surface area contributed by atoms with Gasteiger partial charge < -0.3 is 5.32 Å². The summed E-state index contributed by atoms with van der Waals surface area (Å²) in [5.74, 6) is -0.262. The minimum atomic E-state index is -3.56. The Hall–Kier alpha value is -1.83. The van der Waals surface area contributed by atoms with Crippen LogP contribution in [0.15, 0.2) is 58.3 Å². The predicted octanol–water partition coefficient (Wildman–Crippen LogP) is 3.69. The molecule has 0 aliphatic carbocycles. The second kappa shape index (κ2) is 8.51. The first-order chi connectivity index (χ1) is 11.9. The first kappa shape index (κ1) is 19.5. The van der Waals surface area contributed by atoms with E-state index in [-0.39, 0.29) is 10.8 Å². The number of carbonyl (C=O) groups is 1. The van der Waals surface area contributed by atoms with Gasteiger partial charge in [-0.15, -0.1) is 11.8 Å². The number of hydrogen-bond donors (Lipinski definition) is 1. The highest BCUT2D eigenvalue weighted by Crippen LogP contribution is 2.23. The molecular formula is C18H22N2O3S2. The molecule has 1 amide bonds. The van der Waals surface area contributed by atoms with Crippen molar-refractivity contribution in [3.63, 3.8) is 0 Å². The number of nitrogens with one attached hydrogen (secondary N) is 1. The fourth-order valence-corrected chi connectivity index (χ4v) is 4.58. The van der Waals surface area contributed by atoms with Gasteiger partial charge in [0.2, 0.25) is 10.0 Å². The highest BCUT2D eigenvalue weighted by atomic mass is 32.2. The molecule has 2 aromatic rings. The van der Waals surface area contributed by atoms with E-state index in [0.717, 1.165) is 4.90 Å². The number of benzene rings is 2. The predicted molar refractivity (Wildman–Crippen MR) is 103 cm³/mol. The average molecular weight is 379 g/mol. The standard InChI is InChI=1S/C18H22N2O3S2/c1-4-20(5-2)25(22,23)15-10-8-9-14(13-15)19-18(21)16-11-6-7-12-17(16)24-3/h6-13H,4-5H2,1-3H3,(H,19,21). The molecule has 0 bridgehead atoms. The van der Waals surface area contributed by atoms with Gasteiger partial charge in [-0.3, -0.25) is 4.79 Å². The Kier molecular flexibility index (Phi) is 6.64. The molecule has 0 saturated carbocycles. The van der Waals surface area contributed by atoms with E-state index in [4.69, 9.17) is 0 Å². The molecule has 0 spiro atoms. The van der Waals surface area contributed by atoms with E-state index in [1.54, 1.807) is 44.2 Å². The maximum absolute atomic E-state index is 12.6. The third-order valence-electron chi connectivity index (χ3n) is 3.79. The summed E-state index contributed by atoms with van der Waals surface area (Å²) >= 11 is 1.49. The second-order valence-corrected chi connectivity index (χ2v) is 8.06. The largest absolute Gasteiger partial charge is 0.322 e. The Morgan fingerprint density at radius 3 is 2.40 bits per heavy atom. The molecule has 5 nitrogen and oxygen atoms in total. The summed E-state index contributed by atoms with van der Waals surface area (Å²) in [4.78, 5) is 13.6. The van der Waals surface area contributed by atoms with E-state index in [1.165, 1.54) is 22.1 Å². The number of thioether (sulfide) groups is 1. The molecule has 0 fully saturated rings. The van der Waals surface area contributed by atoms with E-state index >= 15 is 0 Å². The SMILES string of the molecule is CCN(CC)S(=O)(=O)c1cccc(NC(=O)c2ccccc2SC)c1. The monoisotopic (exact) mass is 378 g/mol. The quantitative estimate of drug-likeness (QED) is 0.746. The first-order valence-electron chi connectivity index (χ1n) is 7.98. The zero-order valence-electron chi connectivity index (χ0n) is 14.5. The molecule has 0 radical (unpaired) electrons. The number of amides is 1. The van der Waals surface area contributed by atoms with Gasteiger partial charge >= 0.3 is 0 Å². The highest BCUT2D eigenvalue weighted by Gasteiger charge is 2.22. The van der Waals surface area contributed by atoms with Gasteiger partial charge in [0.05, 0.1) is 10.5 Å². The van der Waals surface area contributed by atoms with Gasteiger partial charge in [-0.1, -0.05) is 32.0 Å². The van der Waals surface area contributed by atoms with Gasteiger partial charge in [0.15, 0.2) is 0 Å². The lowest BCUT2D eigenvalue weighted by Gasteiger charge is -2.19. The van der Waals surface area contributed by atoms with Crippen molar-refractivity contribution in [3.05, 3.63) is 54.1 Å². The first-order valence-corrected chi connectivity index (χ1v) is 10.6. The second-order valence-electron chi connectivity index (χ2n) is 5.27. The lowest BCUT2D eigenvalue weighted by molar-refractivity contribution is 0.102. The van der Waals surface area contributed by atoms with E-state index in [9.17, 15) is 13.2 Å². The van der Waals surface area contributed by atoms with Crippen LogP contribution < -0.4 is 5.32 Å².